The van der Waals surface area contributed by atoms with Gasteiger partial charge in [-0.1, -0.05) is 13.8 Å². The number of carboxylic acids is 2. The summed E-state index contributed by atoms with van der Waals surface area (Å²) < 4.78 is 0. The van der Waals surface area contributed by atoms with E-state index in [1.807, 2.05) is 5.32 Å². The maximum absolute atomic E-state index is 12.3. The second kappa shape index (κ2) is 11.2. The Bertz CT molecular complexity index is 607. The molecule has 0 saturated heterocycles. The molecular weight excluding hydrogens is 376 g/mol. The summed E-state index contributed by atoms with van der Waals surface area (Å²) in [6.45, 7) is 5.74. The smallest absolute Gasteiger partial charge is 0.328 e. The summed E-state index contributed by atoms with van der Waals surface area (Å²) in [5.41, 5.74) is 5.67. The van der Waals surface area contributed by atoms with Gasteiger partial charge in [-0.25, -0.2) is 4.79 Å². The van der Waals surface area contributed by atoms with Gasteiger partial charge in [-0.3, -0.25) is 19.2 Å². The summed E-state index contributed by atoms with van der Waals surface area (Å²) in [7, 11) is 0. The zero-order valence-corrected chi connectivity index (χ0v) is 16.1. The molecule has 0 spiro atoms. The van der Waals surface area contributed by atoms with E-state index in [-0.39, 0.29) is 5.92 Å². The number of hydrogen-bond acceptors (Lipinski definition) is 7. The normalized spacial score (nSPS) is 16.2. The molecule has 0 aromatic carbocycles. The molecule has 0 fully saturated rings. The van der Waals surface area contributed by atoms with Crippen LogP contribution in [0.25, 0.3) is 0 Å². The van der Waals surface area contributed by atoms with Gasteiger partial charge in [0.2, 0.25) is 17.7 Å². The lowest BCUT2D eigenvalue weighted by atomic mass is 10.0. The first kappa shape index (κ1) is 25.3. The van der Waals surface area contributed by atoms with Gasteiger partial charge in [-0.05, 0) is 19.8 Å². The van der Waals surface area contributed by atoms with E-state index in [2.05, 4.69) is 10.6 Å². The lowest BCUT2D eigenvalue weighted by Crippen LogP contribution is -2.58. The van der Waals surface area contributed by atoms with Gasteiger partial charge >= 0.3 is 11.9 Å². The molecule has 0 rings (SSSR count). The quantitative estimate of drug-likeness (QED) is 0.192. The van der Waals surface area contributed by atoms with E-state index >= 15 is 0 Å². The van der Waals surface area contributed by atoms with Crippen molar-refractivity contribution in [2.45, 2.75) is 64.4 Å². The van der Waals surface area contributed by atoms with Crippen LogP contribution in [-0.2, 0) is 24.0 Å². The number of hydrogen-bond donors (Lipinski definition) is 7. The first-order valence-corrected chi connectivity index (χ1v) is 8.57. The molecule has 0 aromatic rings. The van der Waals surface area contributed by atoms with Crippen LogP contribution in [0.3, 0.4) is 0 Å². The fourth-order valence-corrected chi connectivity index (χ4v) is 2.00. The topological polar surface area (TPSA) is 208 Å². The van der Waals surface area contributed by atoms with Gasteiger partial charge < -0.3 is 37.0 Å². The molecule has 5 unspecified atom stereocenters. The number of amides is 3. The maximum Gasteiger partial charge on any atom is 0.328 e. The van der Waals surface area contributed by atoms with Gasteiger partial charge in [-0.15, -0.1) is 0 Å². The molecule has 3 amide bonds. The molecule has 28 heavy (non-hydrogen) atoms. The van der Waals surface area contributed by atoms with Crippen LogP contribution in [-0.4, -0.2) is 75.3 Å². The van der Waals surface area contributed by atoms with E-state index in [4.69, 9.17) is 15.9 Å². The minimum Gasteiger partial charge on any atom is -0.481 e. The summed E-state index contributed by atoms with van der Waals surface area (Å²) in [5.74, 6) is -5.70. The number of carboxylic acid groups (broad SMARTS) is 2. The molecule has 0 heterocycles. The number of rotatable bonds is 11. The Hall–Kier alpha value is -2.73. The molecule has 0 saturated carbocycles. The Labute approximate surface area is 161 Å². The summed E-state index contributed by atoms with van der Waals surface area (Å²) in [6.07, 6.45) is -2.14. The molecule has 160 valence electrons. The van der Waals surface area contributed by atoms with Crippen LogP contribution < -0.4 is 21.7 Å². The molecule has 12 heteroatoms. The van der Waals surface area contributed by atoms with Gasteiger partial charge in [-0.2, -0.15) is 0 Å². The van der Waals surface area contributed by atoms with E-state index in [1.165, 1.54) is 13.8 Å². The molecule has 0 aromatic heterocycles. The van der Waals surface area contributed by atoms with E-state index in [9.17, 15) is 29.1 Å². The van der Waals surface area contributed by atoms with Crippen molar-refractivity contribution in [1.29, 1.82) is 0 Å². The standard InChI is InChI=1S/C16H28N4O8/c1-6(2)11(17)15(26)19-9(5-10(22)23)14(25)18-7(3)13(24)20-12(8(4)21)16(27)28/h6-9,11-12,21H,5,17H2,1-4H3,(H,18,25)(H,19,26)(H,20,24)(H,22,23)(H,27,28). The fraction of sp³-hybridized carbons (Fsp3) is 0.688. The Kier molecular flexibility index (Phi) is 10.1. The van der Waals surface area contributed by atoms with Crippen LogP contribution in [0, 0.1) is 5.92 Å². The number of aliphatic hydroxyl groups is 1. The molecular formula is C16H28N4O8. The number of aliphatic hydroxyl groups excluding tert-OH is 1. The second-order valence-electron chi connectivity index (χ2n) is 6.72. The minimum atomic E-state index is -1.59. The lowest BCUT2D eigenvalue weighted by Gasteiger charge is -2.24. The number of nitrogens with two attached hydrogens (primary N) is 1. The van der Waals surface area contributed by atoms with Crippen LogP contribution in [0.2, 0.25) is 0 Å². The third-order valence-corrected chi connectivity index (χ3v) is 3.83. The molecule has 0 aliphatic carbocycles. The highest BCUT2D eigenvalue weighted by Crippen LogP contribution is 2.02. The Morgan fingerprint density at radius 1 is 0.857 bits per heavy atom. The van der Waals surface area contributed by atoms with Crippen molar-refractivity contribution in [3.63, 3.8) is 0 Å². The molecule has 8 N–H and O–H groups in total. The third-order valence-electron chi connectivity index (χ3n) is 3.83. The molecule has 0 aliphatic rings. The van der Waals surface area contributed by atoms with Gasteiger partial charge in [0.15, 0.2) is 6.04 Å². The second-order valence-corrected chi connectivity index (χ2v) is 6.72. The van der Waals surface area contributed by atoms with E-state index < -0.39 is 66.4 Å². The summed E-state index contributed by atoms with van der Waals surface area (Å²) in [6, 6.07) is -5.31. The van der Waals surface area contributed by atoms with Gasteiger partial charge in [0.25, 0.3) is 0 Å². The van der Waals surface area contributed by atoms with Gasteiger partial charge in [0, 0.05) is 0 Å². The van der Waals surface area contributed by atoms with Crippen molar-refractivity contribution in [3.05, 3.63) is 0 Å². The van der Waals surface area contributed by atoms with E-state index in [0.29, 0.717) is 0 Å². The molecule has 0 radical (unpaired) electrons. The van der Waals surface area contributed by atoms with Crippen molar-refractivity contribution in [2.24, 2.45) is 11.7 Å². The first-order valence-electron chi connectivity index (χ1n) is 8.57. The van der Waals surface area contributed by atoms with Crippen molar-refractivity contribution in [3.8, 4) is 0 Å². The van der Waals surface area contributed by atoms with Gasteiger partial charge in [0.1, 0.15) is 12.1 Å². The van der Waals surface area contributed by atoms with Crippen LogP contribution in [0.15, 0.2) is 0 Å². The summed E-state index contributed by atoms with van der Waals surface area (Å²) in [5, 5.41) is 33.7. The fourth-order valence-electron chi connectivity index (χ4n) is 2.00. The maximum atomic E-state index is 12.3. The first-order chi connectivity index (χ1) is 12.8. The molecule has 12 nitrogen and oxygen atoms in total. The zero-order chi connectivity index (χ0) is 22.2. The van der Waals surface area contributed by atoms with Crippen molar-refractivity contribution < 1.29 is 39.3 Å². The lowest BCUT2D eigenvalue weighted by molar-refractivity contribution is -0.145. The number of aliphatic carboxylic acids is 2. The van der Waals surface area contributed by atoms with E-state index in [1.54, 1.807) is 13.8 Å². The third kappa shape index (κ3) is 8.31. The zero-order valence-electron chi connectivity index (χ0n) is 16.1. The summed E-state index contributed by atoms with van der Waals surface area (Å²) >= 11 is 0. The van der Waals surface area contributed by atoms with Gasteiger partial charge in [0.05, 0.1) is 18.6 Å². The predicted octanol–water partition coefficient (Wildman–Crippen LogP) is -2.62. The predicted molar refractivity (Wildman–Crippen MR) is 95.8 cm³/mol. The van der Waals surface area contributed by atoms with Crippen LogP contribution in [0.1, 0.15) is 34.1 Å². The molecule has 0 bridgehead atoms. The Morgan fingerprint density at radius 3 is 1.79 bits per heavy atom. The van der Waals surface area contributed by atoms with Crippen LogP contribution in [0.4, 0.5) is 0 Å². The monoisotopic (exact) mass is 404 g/mol. The van der Waals surface area contributed by atoms with Crippen LogP contribution >= 0.6 is 0 Å². The van der Waals surface area contributed by atoms with E-state index in [0.717, 1.165) is 0 Å². The summed E-state index contributed by atoms with van der Waals surface area (Å²) in [4.78, 5) is 58.3. The van der Waals surface area contributed by atoms with Crippen molar-refractivity contribution in [2.75, 3.05) is 0 Å². The SMILES string of the molecule is CC(NC(=O)C(CC(=O)O)NC(=O)C(N)C(C)C)C(=O)NC(C(=O)O)C(C)O. The highest BCUT2D eigenvalue weighted by atomic mass is 16.4. The average molecular weight is 404 g/mol. The molecule has 0 aliphatic heterocycles. The molecule has 5 atom stereocenters. The Balaban J connectivity index is 5.09. The number of carbonyl (C=O) groups excluding carboxylic acids is 3. The van der Waals surface area contributed by atoms with Crippen LogP contribution in [0.5, 0.6) is 0 Å². The number of carbonyl (C=O) groups is 5. The highest BCUT2D eigenvalue weighted by molar-refractivity contribution is 5.95. The van der Waals surface area contributed by atoms with Crippen molar-refractivity contribution >= 4 is 29.7 Å². The highest BCUT2D eigenvalue weighted by Gasteiger charge is 2.31. The Morgan fingerprint density at radius 2 is 1.39 bits per heavy atom. The number of nitrogens with one attached hydrogen (secondary N) is 3. The van der Waals surface area contributed by atoms with Crippen molar-refractivity contribution in [1.82, 2.24) is 16.0 Å². The largest absolute Gasteiger partial charge is 0.481 e. The minimum absolute atomic E-state index is 0.258. The average Bonchev–Trinajstić information content (AvgIpc) is 2.56.